The van der Waals surface area contributed by atoms with Gasteiger partial charge in [0.25, 0.3) is 0 Å². The van der Waals surface area contributed by atoms with Gasteiger partial charge in [-0.1, -0.05) is 24.1 Å². The summed E-state index contributed by atoms with van der Waals surface area (Å²) in [4.78, 5) is 14.3. The Labute approximate surface area is 158 Å². The van der Waals surface area contributed by atoms with Crippen LogP contribution in [0.3, 0.4) is 0 Å². The number of carbonyl (C=O) groups is 1. The fourth-order valence-electron chi connectivity index (χ4n) is 4.22. The van der Waals surface area contributed by atoms with Gasteiger partial charge in [0.15, 0.2) is 5.11 Å². The Morgan fingerprint density at radius 1 is 1.20 bits per heavy atom. The summed E-state index contributed by atoms with van der Waals surface area (Å²) in [6, 6.07) is 6.42. The van der Waals surface area contributed by atoms with Crippen molar-refractivity contribution >= 4 is 34.8 Å². The third kappa shape index (κ3) is 3.40. The Bertz CT molecular complexity index is 692. The highest BCUT2D eigenvalue weighted by molar-refractivity contribution is 7.80. The zero-order valence-electron chi connectivity index (χ0n) is 14.1. The smallest absolute Gasteiger partial charge is 0.245 e. The van der Waals surface area contributed by atoms with Crippen LogP contribution in [0.4, 0.5) is 0 Å². The molecule has 3 heterocycles. The first-order valence-corrected chi connectivity index (χ1v) is 9.78. The molecule has 0 saturated carbocycles. The van der Waals surface area contributed by atoms with Crippen molar-refractivity contribution in [3.05, 3.63) is 34.3 Å². The van der Waals surface area contributed by atoms with Crippen molar-refractivity contribution in [3.63, 3.8) is 0 Å². The van der Waals surface area contributed by atoms with Gasteiger partial charge < -0.3 is 20.9 Å². The van der Waals surface area contributed by atoms with E-state index in [1.165, 1.54) is 24.0 Å². The fraction of sp³-hybridized carbons (Fsp3) is 0.556. The Hall–Kier alpha value is -1.21. The monoisotopic (exact) mass is 378 g/mol. The maximum Gasteiger partial charge on any atom is 0.245 e. The summed E-state index contributed by atoms with van der Waals surface area (Å²) >= 11 is 11.8. The minimum Gasteiger partial charge on any atom is -0.339 e. The lowest BCUT2D eigenvalue weighted by Crippen LogP contribution is -2.63. The van der Waals surface area contributed by atoms with Gasteiger partial charge in [0.1, 0.15) is 6.04 Å². The molecule has 3 aliphatic rings. The van der Waals surface area contributed by atoms with E-state index in [1.54, 1.807) is 0 Å². The first kappa shape index (κ1) is 17.2. The highest BCUT2D eigenvalue weighted by Gasteiger charge is 2.42. The first-order chi connectivity index (χ1) is 12.1. The second kappa shape index (κ2) is 7.19. The van der Waals surface area contributed by atoms with Crippen molar-refractivity contribution in [2.24, 2.45) is 0 Å². The molecule has 3 N–H and O–H groups in total. The van der Waals surface area contributed by atoms with E-state index in [-0.39, 0.29) is 18.0 Å². The van der Waals surface area contributed by atoms with Gasteiger partial charge in [0.2, 0.25) is 5.91 Å². The van der Waals surface area contributed by atoms with Gasteiger partial charge in [0, 0.05) is 17.6 Å². The SMILES string of the molecule is O=C1NC(=S)N(Cc2ccc(Cl)cc2[C@@H]2CCCCN2)C2CCNC12. The molecule has 3 saturated heterocycles. The molecule has 0 aliphatic carbocycles. The summed E-state index contributed by atoms with van der Waals surface area (Å²) in [7, 11) is 0. The third-order valence-corrected chi connectivity index (χ3v) is 6.07. The molecule has 3 aliphatic heterocycles. The zero-order valence-corrected chi connectivity index (χ0v) is 15.6. The van der Waals surface area contributed by atoms with Gasteiger partial charge in [-0.3, -0.25) is 4.79 Å². The number of carbonyl (C=O) groups excluding carboxylic acids is 1. The highest BCUT2D eigenvalue weighted by Crippen LogP contribution is 2.31. The number of hydrogen-bond acceptors (Lipinski definition) is 4. The number of nitrogens with one attached hydrogen (secondary N) is 3. The molecule has 3 atom stereocenters. The Morgan fingerprint density at radius 2 is 2.08 bits per heavy atom. The molecule has 7 heteroatoms. The number of piperidine rings is 1. The van der Waals surface area contributed by atoms with Gasteiger partial charge in [-0.05, 0) is 67.8 Å². The molecular weight excluding hydrogens is 356 g/mol. The van der Waals surface area contributed by atoms with Crippen LogP contribution in [0.2, 0.25) is 5.02 Å². The number of benzene rings is 1. The number of thiocarbonyl (C=S) groups is 1. The molecule has 0 bridgehead atoms. The topological polar surface area (TPSA) is 56.4 Å². The number of rotatable bonds is 3. The fourth-order valence-corrected chi connectivity index (χ4v) is 4.70. The molecule has 1 amide bonds. The number of hydrogen-bond donors (Lipinski definition) is 3. The molecular formula is C18H23ClN4OS. The average molecular weight is 379 g/mol. The molecule has 0 spiro atoms. The van der Waals surface area contributed by atoms with Crippen LogP contribution in [0.1, 0.15) is 42.9 Å². The van der Waals surface area contributed by atoms with E-state index in [4.69, 9.17) is 23.8 Å². The van der Waals surface area contributed by atoms with Crippen molar-refractivity contribution in [2.45, 2.75) is 50.4 Å². The van der Waals surface area contributed by atoms with Crippen LogP contribution in [-0.2, 0) is 11.3 Å². The summed E-state index contributed by atoms with van der Waals surface area (Å²) in [5, 5.41) is 11.0. The Kier molecular flexibility index (Phi) is 4.95. The summed E-state index contributed by atoms with van der Waals surface area (Å²) in [6.45, 7) is 2.59. The predicted octanol–water partition coefficient (Wildman–Crippen LogP) is 2.10. The van der Waals surface area contributed by atoms with Crippen molar-refractivity contribution in [1.29, 1.82) is 0 Å². The maximum absolute atomic E-state index is 12.1. The minimum atomic E-state index is -0.171. The lowest BCUT2D eigenvalue weighted by molar-refractivity contribution is -0.123. The lowest BCUT2D eigenvalue weighted by atomic mass is 9.93. The van der Waals surface area contributed by atoms with Crippen LogP contribution >= 0.6 is 23.8 Å². The van der Waals surface area contributed by atoms with E-state index in [0.717, 1.165) is 31.0 Å². The molecule has 25 heavy (non-hydrogen) atoms. The number of nitrogens with zero attached hydrogens (tertiary/aromatic N) is 1. The molecule has 2 unspecified atom stereocenters. The number of amides is 1. The Morgan fingerprint density at radius 3 is 2.88 bits per heavy atom. The number of halogens is 1. The van der Waals surface area contributed by atoms with Crippen molar-refractivity contribution in [3.8, 4) is 0 Å². The van der Waals surface area contributed by atoms with E-state index >= 15 is 0 Å². The summed E-state index contributed by atoms with van der Waals surface area (Å²) < 4.78 is 0. The molecule has 0 radical (unpaired) electrons. The summed E-state index contributed by atoms with van der Waals surface area (Å²) in [5.74, 6) is -0.00553. The molecule has 0 aromatic heterocycles. The molecule has 3 fully saturated rings. The largest absolute Gasteiger partial charge is 0.339 e. The standard InChI is InChI=1S/C18H23ClN4OS/c19-12-5-4-11(13(9-12)14-3-1-2-7-20-14)10-23-15-6-8-21-16(15)17(24)22-18(23)25/h4-5,9,14-16,20-21H,1-3,6-8,10H2,(H,22,24,25)/t14-,15?,16?/m0/s1. The van der Waals surface area contributed by atoms with Crippen LogP contribution in [0.25, 0.3) is 0 Å². The van der Waals surface area contributed by atoms with Gasteiger partial charge >= 0.3 is 0 Å². The third-order valence-electron chi connectivity index (χ3n) is 5.50. The molecule has 134 valence electrons. The van der Waals surface area contributed by atoms with Gasteiger partial charge in [0.05, 0.1) is 6.04 Å². The minimum absolute atomic E-state index is 0.00553. The molecule has 5 nitrogen and oxygen atoms in total. The highest BCUT2D eigenvalue weighted by atomic mass is 35.5. The van der Waals surface area contributed by atoms with Crippen LogP contribution < -0.4 is 16.0 Å². The van der Waals surface area contributed by atoms with E-state index in [0.29, 0.717) is 17.7 Å². The van der Waals surface area contributed by atoms with Crippen molar-refractivity contribution in [1.82, 2.24) is 20.9 Å². The first-order valence-electron chi connectivity index (χ1n) is 9.00. The molecule has 1 aromatic rings. The van der Waals surface area contributed by atoms with E-state index in [9.17, 15) is 4.79 Å². The second-order valence-electron chi connectivity index (χ2n) is 7.06. The summed E-state index contributed by atoms with van der Waals surface area (Å²) in [5.41, 5.74) is 2.49. The molecule has 1 aromatic carbocycles. The Balaban J connectivity index is 1.61. The zero-order chi connectivity index (χ0) is 17.4. The van der Waals surface area contributed by atoms with Gasteiger partial charge in [-0.2, -0.15) is 0 Å². The van der Waals surface area contributed by atoms with Gasteiger partial charge in [-0.15, -0.1) is 0 Å². The predicted molar refractivity (Wildman–Crippen MR) is 103 cm³/mol. The normalized spacial score (nSPS) is 29.5. The molecule has 4 rings (SSSR count). The van der Waals surface area contributed by atoms with Crippen molar-refractivity contribution < 1.29 is 4.79 Å². The average Bonchev–Trinajstić information content (AvgIpc) is 3.10. The second-order valence-corrected chi connectivity index (χ2v) is 7.88. The van der Waals surface area contributed by atoms with Crippen molar-refractivity contribution in [2.75, 3.05) is 13.1 Å². The van der Waals surface area contributed by atoms with E-state index in [1.807, 2.05) is 6.07 Å². The van der Waals surface area contributed by atoms with E-state index < -0.39 is 0 Å². The van der Waals surface area contributed by atoms with Crippen LogP contribution in [0.15, 0.2) is 18.2 Å². The quantitative estimate of drug-likeness (QED) is 0.703. The summed E-state index contributed by atoms with van der Waals surface area (Å²) in [6.07, 6.45) is 4.52. The lowest BCUT2D eigenvalue weighted by Gasteiger charge is -2.39. The van der Waals surface area contributed by atoms with Crippen LogP contribution in [0, 0.1) is 0 Å². The number of fused-ring (bicyclic) bond motifs is 1. The van der Waals surface area contributed by atoms with E-state index in [2.05, 4.69) is 33.0 Å². The van der Waals surface area contributed by atoms with Crippen LogP contribution in [-0.4, -0.2) is 41.1 Å². The van der Waals surface area contributed by atoms with Crippen LogP contribution in [0.5, 0.6) is 0 Å². The van der Waals surface area contributed by atoms with Gasteiger partial charge in [-0.25, -0.2) is 0 Å². The maximum atomic E-state index is 12.1.